The molecular formula is C32H22N2. The van der Waals surface area contributed by atoms with Crippen molar-refractivity contribution in [2.24, 2.45) is 0 Å². The maximum atomic E-state index is 4.19. The molecule has 1 atom stereocenters. The van der Waals surface area contributed by atoms with Crippen molar-refractivity contribution in [2.75, 3.05) is 5.32 Å². The van der Waals surface area contributed by atoms with Gasteiger partial charge in [-0.2, -0.15) is 0 Å². The van der Waals surface area contributed by atoms with Gasteiger partial charge in [-0.1, -0.05) is 91.0 Å². The second kappa shape index (κ2) is 7.57. The van der Waals surface area contributed by atoms with Crippen LogP contribution in [0.3, 0.4) is 0 Å². The minimum atomic E-state index is 0.110. The zero-order valence-electron chi connectivity index (χ0n) is 18.6. The second-order valence-corrected chi connectivity index (χ2v) is 8.90. The molecule has 0 saturated carbocycles. The number of nitrogens with zero attached hydrogens (tertiary/aromatic N) is 1. The van der Waals surface area contributed by atoms with Gasteiger partial charge in [0.1, 0.15) is 0 Å². The molecule has 0 amide bonds. The van der Waals surface area contributed by atoms with E-state index in [-0.39, 0.29) is 6.04 Å². The normalized spacial score (nSPS) is 15.9. The number of anilines is 1. The van der Waals surface area contributed by atoms with Gasteiger partial charge in [-0.15, -0.1) is 0 Å². The summed E-state index contributed by atoms with van der Waals surface area (Å²) in [4.78, 5) is 4.19. The largest absolute Gasteiger partial charge is 0.373 e. The first kappa shape index (κ1) is 19.1. The van der Waals surface area contributed by atoms with Gasteiger partial charge in [0.05, 0.1) is 11.7 Å². The van der Waals surface area contributed by atoms with Gasteiger partial charge in [0.25, 0.3) is 0 Å². The van der Waals surface area contributed by atoms with Crippen LogP contribution in [0.2, 0.25) is 0 Å². The van der Waals surface area contributed by atoms with Crippen molar-refractivity contribution in [3.63, 3.8) is 0 Å². The maximum absolute atomic E-state index is 4.19. The summed E-state index contributed by atoms with van der Waals surface area (Å²) < 4.78 is 0. The lowest BCUT2D eigenvalue weighted by Crippen LogP contribution is -2.22. The zero-order valence-corrected chi connectivity index (χ0v) is 18.6. The molecular weight excluding hydrogens is 412 g/mol. The van der Waals surface area contributed by atoms with Crippen LogP contribution in [0.5, 0.6) is 0 Å². The summed E-state index contributed by atoms with van der Waals surface area (Å²) in [5.41, 5.74) is 11.3. The minimum absolute atomic E-state index is 0.110. The third-order valence-corrected chi connectivity index (χ3v) is 7.00. The SMILES string of the molecule is C1=Cc2ccccc2C2Nc3c(ccc4ccccc34)C(c3cccc(-c4ccncc4)c3)=C12. The van der Waals surface area contributed by atoms with Crippen LogP contribution in [0.4, 0.5) is 5.69 Å². The number of benzene rings is 4. The van der Waals surface area contributed by atoms with Crippen molar-refractivity contribution in [1.29, 1.82) is 0 Å². The first-order valence-corrected chi connectivity index (χ1v) is 11.7. The van der Waals surface area contributed by atoms with Gasteiger partial charge in [-0.3, -0.25) is 4.98 Å². The number of rotatable bonds is 2. The number of aromatic nitrogens is 1. The van der Waals surface area contributed by atoms with E-state index in [0.29, 0.717) is 0 Å². The monoisotopic (exact) mass is 434 g/mol. The summed E-state index contributed by atoms with van der Waals surface area (Å²) in [5.74, 6) is 0. The number of nitrogens with one attached hydrogen (secondary N) is 1. The first-order chi connectivity index (χ1) is 16.9. The van der Waals surface area contributed by atoms with E-state index in [1.807, 2.05) is 12.4 Å². The van der Waals surface area contributed by atoms with E-state index >= 15 is 0 Å². The Morgan fingerprint density at radius 3 is 2.41 bits per heavy atom. The molecule has 0 radical (unpaired) electrons. The lowest BCUT2D eigenvalue weighted by Gasteiger charge is -2.35. The van der Waals surface area contributed by atoms with E-state index in [9.17, 15) is 0 Å². The Labute approximate surface area is 198 Å². The molecule has 5 aromatic rings. The van der Waals surface area contributed by atoms with Gasteiger partial charge in [0.2, 0.25) is 0 Å². The Kier molecular flexibility index (Phi) is 4.25. The first-order valence-electron chi connectivity index (χ1n) is 11.7. The van der Waals surface area contributed by atoms with Crippen LogP contribution < -0.4 is 5.32 Å². The molecule has 1 aliphatic heterocycles. The van der Waals surface area contributed by atoms with E-state index in [0.717, 1.165) is 0 Å². The Morgan fingerprint density at radius 1 is 0.647 bits per heavy atom. The number of hydrogen-bond donors (Lipinski definition) is 1. The molecule has 2 heterocycles. The molecule has 7 rings (SSSR count). The topological polar surface area (TPSA) is 24.9 Å². The number of fused-ring (bicyclic) bond motifs is 6. The zero-order chi connectivity index (χ0) is 22.5. The highest BCUT2D eigenvalue weighted by molar-refractivity contribution is 6.05. The molecule has 4 aromatic carbocycles. The smallest absolute Gasteiger partial charge is 0.0779 e. The molecule has 34 heavy (non-hydrogen) atoms. The molecule has 160 valence electrons. The highest BCUT2D eigenvalue weighted by Crippen LogP contribution is 2.49. The lowest BCUT2D eigenvalue weighted by atomic mass is 9.78. The third kappa shape index (κ3) is 2.93. The molecule has 2 nitrogen and oxygen atoms in total. The van der Waals surface area contributed by atoms with E-state index < -0.39 is 0 Å². The molecule has 0 bridgehead atoms. The van der Waals surface area contributed by atoms with Gasteiger partial charge >= 0.3 is 0 Å². The predicted octanol–water partition coefficient (Wildman–Crippen LogP) is 7.90. The van der Waals surface area contributed by atoms with Crippen LogP contribution in [-0.4, -0.2) is 4.98 Å². The highest BCUT2D eigenvalue weighted by atomic mass is 14.9. The summed E-state index contributed by atoms with van der Waals surface area (Å²) in [6, 6.07) is 35.0. The second-order valence-electron chi connectivity index (χ2n) is 8.90. The number of pyridine rings is 1. The molecule has 1 unspecified atom stereocenters. The van der Waals surface area contributed by atoms with Crippen LogP contribution in [0, 0.1) is 0 Å². The summed E-state index contributed by atoms with van der Waals surface area (Å²) in [7, 11) is 0. The summed E-state index contributed by atoms with van der Waals surface area (Å²) in [6.45, 7) is 0. The quantitative estimate of drug-likeness (QED) is 0.305. The predicted molar refractivity (Wildman–Crippen MR) is 141 cm³/mol. The fourth-order valence-electron chi connectivity index (χ4n) is 5.41. The Balaban J connectivity index is 1.52. The maximum Gasteiger partial charge on any atom is 0.0779 e. The molecule has 1 aliphatic carbocycles. The van der Waals surface area contributed by atoms with Gasteiger partial charge in [0.15, 0.2) is 0 Å². The van der Waals surface area contributed by atoms with Crippen molar-refractivity contribution in [1.82, 2.24) is 4.98 Å². The number of hydrogen-bond acceptors (Lipinski definition) is 2. The van der Waals surface area contributed by atoms with Crippen molar-refractivity contribution in [3.05, 3.63) is 143 Å². The summed E-state index contributed by atoms with van der Waals surface area (Å²) in [6.07, 6.45) is 8.26. The van der Waals surface area contributed by atoms with Crippen molar-refractivity contribution in [2.45, 2.75) is 6.04 Å². The van der Waals surface area contributed by atoms with Crippen molar-refractivity contribution < 1.29 is 0 Å². The van der Waals surface area contributed by atoms with Crippen molar-refractivity contribution >= 4 is 28.1 Å². The fraction of sp³-hybridized carbons (Fsp3) is 0.0312. The molecule has 2 heteroatoms. The van der Waals surface area contributed by atoms with Gasteiger partial charge in [0, 0.05) is 23.3 Å². The van der Waals surface area contributed by atoms with E-state index in [1.165, 1.54) is 61.0 Å². The molecule has 2 aliphatic rings. The average molecular weight is 435 g/mol. The molecule has 1 aromatic heterocycles. The average Bonchev–Trinajstić information content (AvgIpc) is 2.92. The van der Waals surface area contributed by atoms with Gasteiger partial charge < -0.3 is 5.32 Å². The Bertz CT molecular complexity index is 1630. The molecule has 0 saturated heterocycles. The molecule has 0 spiro atoms. The van der Waals surface area contributed by atoms with E-state index in [4.69, 9.17) is 0 Å². The highest BCUT2D eigenvalue weighted by Gasteiger charge is 2.31. The van der Waals surface area contributed by atoms with E-state index in [2.05, 4.69) is 120 Å². The molecule has 1 N–H and O–H groups in total. The molecule has 0 fully saturated rings. The van der Waals surface area contributed by atoms with Crippen LogP contribution in [0.25, 0.3) is 33.5 Å². The van der Waals surface area contributed by atoms with Gasteiger partial charge in [-0.25, -0.2) is 0 Å². The van der Waals surface area contributed by atoms with Crippen LogP contribution in [-0.2, 0) is 0 Å². The Hall–Kier alpha value is -4.43. The lowest BCUT2D eigenvalue weighted by molar-refractivity contribution is 0.920. The van der Waals surface area contributed by atoms with Crippen LogP contribution >= 0.6 is 0 Å². The van der Waals surface area contributed by atoms with Crippen LogP contribution in [0.15, 0.2) is 121 Å². The van der Waals surface area contributed by atoms with Crippen LogP contribution in [0.1, 0.15) is 28.3 Å². The minimum Gasteiger partial charge on any atom is -0.373 e. The summed E-state index contributed by atoms with van der Waals surface area (Å²) >= 11 is 0. The standard InChI is InChI=1S/C32H22N2/c1-3-10-26-22(6-1)12-14-28-30(25-9-5-8-24(20-25)21-16-18-33-19-17-21)29-15-13-23-7-2-4-11-27(23)32(29)34-31(26)28/h1-20,31,34H. The third-order valence-electron chi connectivity index (χ3n) is 7.00. The fourth-order valence-corrected chi connectivity index (χ4v) is 5.41. The summed E-state index contributed by atoms with van der Waals surface area (Å²) in [5, 5.41) is 6.44. The van der Waals surface area contributed by atoms with Crippen molar-refractivity contribution in [3.8, 4) is 11.1 Å². The van der Waals surface area contributed by atoms with E-state index in [1.54, 1.807) is 0 Å². The van der Waals surface area contributed by atoms with Gasteiger partial charge in [-0.05, 0) is 62.5 Å². The Morgan fingerprint density at radius 2 is 1.47 bits per heavy atom.